The van der Waals surface area contributed by atoms with Crippen LogP contribution in [0, 0.1) is 17.3 Å². The Labute approximate surface area is 189 Å². The van der Waals surface area contributed by atoms with Gasteiger partial charge in [0.05, 0.1) is 30.0 Å². The third-order valence-electron chi connectivity index (χ3n) is 8.03. The first kappa shape index (κ1) is 23.1. The molecule has 1 aromatic carbocycles. The van der Waals surface area contributed by atoms with Crippen LogP contribution in [0.3, 0.4) is 0 Å². The summed E-state index contributed by atoms with van der Waals surface area (Å²) in [7, 11) is 1.57. The number of hydrogen-bond donors (Lipinski definition) is 1. The van der Waals surface area contributed by atoms with Gasteiger partial charge in [0, 0.05) is 31.1 Å². The van der Waals surface area contributed by atoms with E-state index in [1.807, 2.05) is 27.7 Å². The second kappa shape index (κ2) is 7.73. The molecule has 1 heterocycles. The van der Waals surface area contributed by atoms with Crippen LogP contribution in [0.25, 0.3) is 0 Å². The summed E-state index contributed by atoms with van der Waals surface area (Å²) in [4.78, 5) is 25.0. The summed E-state index contributed by atoms with van der Waals surface area (Å²) in [5.41, 5.74) is -1.74. The highest BCUT2D eigenvalue weighted by molar-refractivity contribution is 5.89. The summed E-state index contributed by atoms with van der Waals surface area (Å²) in [6, 6.07) is 6.76. The molecule has 7 atom stereocenters. The van der Waals surface area contributed by atoms with Gasteiger partial charge in [-0.25, -0.2) is 4.79 Å². The molecule has 7 heteroatoms. The van der Waals surface area contributed by atoms with Gasteiger partial charge in [0.25, 0.3) is 0 Å². The first-order chi connectivity index (χ1) is 14.9. The Morgan fingerprint density at radius 1 is 1.09 bits per heavy atom. The number of aliphatic hydroxyl groups is 1. The summed E-state index contributed by atoms with van der Waals surface area (Å²) in [5, 5.41) is 11.9. The average molecular weight is 447 g/mol. The highest BCUT2D eigenvalue weighted by atomic mass is 16.6. The number of methoxy groups -OCH3 is 1. The zero-order valence-electron chi connectivity index (χ0n) is 19.7. The van der Waals surface area contributed by atoms with Gasteiger partial charge in [-0.2, -0.15) is 0 Å². The summed E-state index contributed by atoms with van der Waals surface area (Å²) >= 11 is 0. The minimum atomic E-state index is -1.15. The highest BCUT2D eigenvalue weighted by Gasteiger charge is 2.71. The number of benzene rings is 1. The maximum atomic E-state index is 13.1. The van der Waals surface area contributed by atoms with Crippen LogP contribution in [0.5, 0.6) is 5.75 Å². The zero-order chi connectivity index (χ0) is 23.5. The topological polar surface area (TPSA) is 94.6 Å². The molecule has 1 aliphatic heterocycles. The van der Waals surface area contributed by atoms with Gasteiger partial charge < -0.3 is 24.1 Å². The molecule has 0 bridgehead atoms. The molecule has 2 saturated carbocycles. The Bertz CT molecular complexity index is 896. The third-order valence-corrected chi connectivity index (χ3v) is 8.03. The first-order valence-corrected chi connectivity index (χ1v) is 11.4. The second-order valence-electron chi connectivity index (χ2n) is 10.4. The van der Waals surface area contributed by atoms with E-state index in [0.717, 1.165) is 0 Å². The fraction of sp³-hybridized carbons (Fsp3) is 0.680. The van der Waals surface area contributed by atoms with Crippen molar-refractivity contribution in [1.82, 2.24) is 0 Å². The summed E-state index contributed by atoms with van der Waals surface area (Å²) in [5.74, 6) is -0.685. The van der Waals surface area contributed by atoms with E-state index in [-0.39, 0.29) is 18.0 Å². The Hall–Kier alpha value is -2.12. The molecule has 1 saturated heterocycles. The second-order valence-corrected chi connectivity index (χ2v) is 10.4. The number of carbonyl (C=O) groups is 2. The van der Waals surface area contributed by atoms with Crippen LogP contribution in [0.4, 0.5) is 0 Å². The third kappa shape index (κ3) is 3.69. The number of rotatable bonds is 5. The Balaban J connectivity index is 1.71. The quantitative estimate of drug-likeness (QED) is 0.546. The van der Waals surface area contributed by atoms with Gasteiger partial charge in [0.2, 0.25) is 0 Å². The molecule has 32 heavy (non-hydrogen) atoms. The van der Waals surface area contributed by atoms with Gasteiger partial charge in [-0.1, -0.05) is 20.8 Å². The standard InChI is InChI=1S/C25H34O7/c1-14(2)25(28)13-19(30-15(3)26)23(4)12-20-24(5,32-20)11-18(21(23)25)31-22(27)16-7-9-17(29-6)10-8-16/h7-10,14,18-21,28H,11-13H2,1-6H3/t18-,19-,20-,21+,23-,24+,25+/m0/s1. The van der Waals surface area contributed by atoms with E-state index in [9.17, 15) is 14.7 Å². The molecule has 176 valence electrons. The molecule has 0 spiro atoms. The zero-order valence-corrected chi connectivity index (χ0v) is 19.7. The van der Waals surface area contributed by atoms with E-state index >= 15 is 0 Å². The monoisotopic (exact) mass is 446 g/mol. The number of carbonyl (C=O) groups excluding carboxylic acids is 2. The smallest absolute Gasteiger partial charge is 0.338 e. The fourth-order valence-electron chi connectivity index (χ4n) is 6.09. The van der Waals surface area contributed by atoms with Crippen molar-refractivity contribution in [1.29, 1.82) is 0 Å². The predicted octanol–water partition coefficient (Wildman–Crippen LogP) is 3.52. The van der Waals surface area contributed by atoms with Crippen molar-refractivity contribution in [3.63, 3.8) is 0 Å². The van der Waals surface area contributed by atoms with Gasteiger partial charge in [-0.05, 0) is 43.5 Å². The van der Waals surface area contributed by atoms with Gasteiger partial charge in [0.15, 0.2) is 0 Å². The molecule has 3 aliphatic rings. The van der Waals surface area contributed by atoms with Crippen molar-refractivity contribution in [2.75, 3.05) is 7.11 Å². The molecule has 0 aromatic heterocycles. The average Bonchev–Trinajstić information content (AvgIpc) is 3.28. The van der Waals surface area contributed by atoms with Crippen LogP contribution in [0.1, 0.15) is 64.2 Å². The van der Waals surface area contributed by atoms with Crippen molar-refractivity contribution in [3.05, 3.63) is 29.8 Å². The number of ether oxygens (including phenoxy) is 4. The van der Waals surface area contributed by atoms with Gasteiger partial charge in [0.1, 0.15) is 18.0 Å². The highest BCUT2D eigenvalue weighted by Crippen LogP contribution is 2.64. The van der Waals surface area contributed by atoms with E-state index in [0.29, 0.717) is 30.6 Å². The summed E-state index contributed by atoms with van der Waals surface area (Å²) < 4.78 is 23.0. The Morgan fingerprint density at radius 2 is 1.75 bits per heavy atom. The molecule has 1 aromatic rings. The largest absolute Gasteiger partial charge is 0.497 e. The number of esters is 2. The number of epoxide rings is 1. The van der Waals surface area contributed by atoms with E-state index in [1.54, 1.807) is 31.4 Å². The first-order valence-electron chi connectivity index (χ1n) is 11.4. The SMILES string of the molecule is COc1ccc(C(=O)O[C@H]2C[C@@]3(C)O[C@H]3C[C@@]3(C)[C@@H](OC(C)=O)C[C@@](O)(C(C)C)[C@H]23)cc1. The number of fused-ring (bicyclic) bond motifs is 2. The minimum Gasteiger partial charge on any atom is -0.497 e. The Morgan fingerprint density at radius 3 is 2.31 bits per heavy atom. The molecule has 3 fully saturated rings. The lowest BCUT2D eigenvalue weighted by Crippen LogP contribution is -2.51. The van der Waals surface area contributed by atoms with Crippen LogP contribution < -0.4 is 4.74 Å². The van der Waals surface area contributed by atoms with Crippen LogP contribution >= 0.6 is 0 Å². The molecule has 0 radical (unpaired) electrons. The molecule has 0 unspecified atom stereocenters. The predicted molar refractivity (Wildman–Crippen MR) is 116 cm³/mol. The van der Waals surface area contributed by atoms with E-state index < -0.39 is 40.7 Å². The lowest BCUT2D eigenvalue weighted by atomic mass is 9.67. The van der Waals surface area contributed by atoms with Gasteiger partial charge >= 0.3 is 11.9 Å². The van der Waals surface area contributed by atoms with Crippen molar-refractivity contribution >= 4 is 11.9 Å². The van der Waals surface area contributed by atoms with Crippen molar-refractivity contribution in [3.8, 4) is 5.75 Å². The molecular weight excluding hydrogens is 412 g/mol. The van der Waals surface area contributed by atoms with E-state index in [2.05, 4.69) is 0 Å². The van der Waals surface area contributed by atoms with E-state index in [1.165, 1.54) is 6.92 Å². The molecule has 0 amide bonds. The van der Waals surface area contributed by atoms with Crippen molar-refractivity contribution in [2.24, 2.45) is 17.3 Å². The lowest BCUT2D eigenvalue weighted by Gasteiger charge is -2.44. The summed E-state index contributed by atoms with van der Waals surface area (Å²) in [6.45, 7) is 9.37. The normalized spacial score (nSPS) is 40.1. The van der Waals surface area contributed by atoms with Crippen LogP contribution in [0.15, 0.2) is 24.3 Å². The number of hydrogen-bond acceptors (Lipinski definition) is 7. The fourth-order valence-corrected chi connectivity index (χ4v) is 6.09. The van der Waals surface area contributed by atoms with Crippen molar-refractivity contribution < 1.29 is 33.6 Å². The molecule has 7 nitrogen and oxygen atoms in total. The molecule has 4 rings (SSSR count). The Kier molecular flexibility index (Phi) is 5.57. The van der Waals surface area contributed by atoms with Gasteiger partial charge in [-0.3, -0.25) is 4.79 Å². The summed E-state index contributed by atoms with van der Waals surface area (Å²) in [6.07, 6.45) is 0.351. The van der Waals surface area contributed by atoms with Crippen molar-refractivity contribution in [2.45, 2.75) is 83.4 Å². The van der Waals surface area contributed by atoms with E-state index in [4.69, 9.17) is 18.9 Å². The van der Waals surface area contributed by atoms with Crippen LogP contribution in [0.2, 0.25) is 0 Å². The lowest BCUT2D eigenvalue weighted by molar-refractivity contribution is -0.155. The molecular formula is C25H34O7. The maximum absolute atomic E-state index is 13.1. The van der Waals surface area contributed by atoms with Crippen LogP contribution in [-0.4, -0.2) is 53.7 Å². The van der Waals surface area contributed by atoms with Crippen LogP contribution in [-0.2, 0) is 19.0 Å². The maximum Gasteiger partial charge on any atom is 0.338 e. The van der Waals surface area contributed by atoms with Gasteiger partial charge in [-0.15, -0.1) is 0 Å². The molecule has 1 N–H and O–H groups in total. The minimum absolute atomic E-state index is 0.0211. The molecule has 2 aliphatic carbocycles.